The van der Waals surface area contributed by atoms with Crippen LogP contribution in [0.1, 0.15) is 9.67 Å². The van der Waals surface area contributed by atoms with E-state index in [0.717, 1.165) is 11.3 Å². The van der Waals surface area contributed by atoms with Gasteiger partial charge in [-0.1, -0.05) is 11.3 Å². The molecule has 20 heavy (non-hydrogen) atoms. The van der Waals surface area contributed by atoms with E-state index in [-0.39, 0.29) is 4.88 Å². The highest BCUT2D eigenvalue weighted by molar-refractivity contribution is 7.19. The number of nitrogens with two attached hydrogens (primary N) is 1. The van der Waals surface area contributed by atoms with Gasteiger partial charge >= 0.3 is 5.97 Å². The second-order valence-corrected chi connectivity index (χ2v) is 5.10. The zero-order valence-electron chi connectivity index (χ0n) is 10.5. The molecule has 0 saturated heterocycles. The average Bonchev–Trinajstić information content (AvgIpc) is 2.98. The van der Waals surface area contributed by atoms with Gasteiger partial charge in [-0.05, 0) is 18.2 Å². The first kappa shape index (κ1) is 12.5. The zero-order chi connectivity index (χ0) is 14.3. The van der Waals surface area contributed by atoms with Gasteiger partial charge in [0, 0.05) is 18.0 Å². The summed E-state index contributed by atoms with van der Waals surface area (Å²) in [5, 5.41) is 9.33. The van der Waals surface area contributed by atoms with Crippen molar-refractivity contribution in [3.05, 3.63) is 35.5 Å². The Balaban J connectivity index is 2.27. The molecule has 7 heteroatoms. The van der Waals surface area contributed by atoms with E-state index in [0.29, 0.717) is 27.7 Å². The van der Waals surface area contributed by atoms with Crippen LogP contribution in [0.3, 0.4) is 0 Å². The molecule has 0 radical (unpaired) electrons. The molecule has 0 unspecified atom stereocenters. The summed E-state index contributed by atoms with van der Waals surface area (Å²) in [6.07, 6.45) is 3.36. The van der Waals surface area contributed by atoms with E-state index in [9.17, 15) is 9.90 Å². The van der Waals surface area contributed by atoms with Gasteiger partial charge in [0.25, 0.3) is 0 Å². The van der Waals surface area contributed by atoms with Crippen molar-refractivity contribution in [1.82, 2.24) is 9.38 Å². The van der Waals surface area contributed by atoms with E-state index in [2.05, 4.69) is 4.98 Å². The first-order valence-corrected chi connectivity index (χ1v) is 6.56. The Kier molecular flexibility index (Phi) is 2.83. The number of imidazole rings is 1. The largest absolute Gasteiger partial charge is 0.495 e. The number of fused-ring (bicyclic) bond motifs is 1. The first-order chi connectivity index (χ1) is 9.61. The van der Waals surface area contributed by atoms with E-state index in [1.807, 2.05) is 0 Å². The Labute approximate surface area is 118 Å². The highest BCUT2D eigenvalue weighted by Gasteiger charge is 2.20. The highest BCUT2D eigenvalue weighted by atomic mass is 32.1. The number of hydrogen-bond donors (Lipinski definition) is 2. The fourth-order valence-corrected chi connectivity index (χ4v) is 3.03. The van der Waals surface area contributed by atoms with Crippen molar-refractivity contribution in [2.24, 2.45) is 0 Å². The van der Waals surface area contributed by atoms with Crippen LogP contribution in [0, 0.1) is 0 Å². The Morgan fingerprint density at radius 1 is 1.50 bits per heavy atom. The Hall–Kier alpha value is -2.54. The van der Waals surface area contributed by atoms with Crippen LogP contribution in [0.5, 0.6) is 5.75 Å². The van der Waals surface area contributed by atoms with Gasteiger partial charge in [-0.25, -0.2) is 9.78 Å². The predicted molar refractivity (Wildman–Crippen MR) is 76.4 cm³/mol. The van der Waals surface area contributed by atoms with Crippen LogP contribution in [0.25, 0.3) is 16.2 Å². The maximum atomic E-state index is 11.4. The summed E-state index contributed by atoms with van der Waals surface area (Å²) < 4.78 is 6.86. The number of rotatable bonds is 3. The fourth-order valence-electron chi connectivity index (χ4n) is 2.08. The second-order valence-electron chi connectivity index (χ2n) is 4.12. The number of hydrogen-bond acceptors (Lipinski definition) is 5. The number of methoxy groups -OCH3 is 1. The van der Waals surface area contributed by atoms with Gasteiger partial charge in [0.05, 0.1) is 18.5 Å². The Morgan fingerprint density at radius 2 is 2.30 bits per heavy atom. The third-order valence-electron chi connectivity index (χ3n) is 2.95. The lowest BCUT2D eigenvalue weighted by Crippen LogP contribution is -1.99. The number of benzene rings is 1. The van der Waals surface area contributed by atoms with Crippen LogP contribution in [0.15, 0.2) is 30.6 Å². The topological polar surface area (TPSA) is 89.8 Å². The standard InChI is InChI=1S/C13H11N3O3S/c1-19-9-3-2-7(6-8(9)14)10-11(12(17)18)20-13-15-4-5-16(10)13/h2-6H,14H2,1H3,(H,17,18). The molecular weight excluding hydrogens is 278 g/mol. The molecule has 1 aromatic carbocycles. The van der Waals surface area contributed by atoms with Crippen molar-refractivity contribution in [1.29, 1.82) is 0 Å². The smallest absolute Gasteiger partial charge is 0.348 e. The van der Waals surface area contributed by atoms with Crippen molar-refractivity contribution in [2.75, 3.05) is 12.8 Å². The molecule has 2 aromatic heterocycles. The normalized spacial score (nSPS) is 10.8. The van der Waals surface area contributed by atoms with Crippen LogP contribution in [-0.2, 0) is 0 Å². The number of carboxylic acids is 1. The number of thiazole rings is 1. The molecule has 2 heterocycles. The van der Waals surface area contributed by atoms with Gasteiger partial charge in [0.15, 0.2) is 4.96 Å². The minimum absolute atomic E-state index is 0.234. The van der Waals surface area contributed by atoms with Crippen molar-refractivity contribution in [3.8, 4) is 17.0 Å². The summed E-state index contributed by atoms with van der Waals surface area (Å²) in [6.45, 7) is 0. The zero-order valence-corrected chi connectivity index (χ0v) is 11.3. The molecule has 0 aliphatic heterocycles. The number of anilines is 1. The molecule has 0 bridgehead atoms. The lowest BCUT2D eigenvalue weighted by molar-refractivity contribution is 0.0702. The van der Waals surface area contributed by atoms with Crippen molar-refractivity contribution < 1.29 is 14.6 Å². The summed E-state index contributed by atoms with van der Waals surface area (Å²) in [6, 6.07) is 5.20. The number of nitrogen functional groups attached to an aromatic ring is 1. The molecule has 0 saturated carbocycles. The third-order valence-corrected chi connectivity index (χ3v) is 4.01. The Bertz CT molecular complexity index is 806. The van der Waals surface area contributed by atoms with Crippen LogP contribution >= 0.6 is 11.3 Å². The number of ether oxygens (including phenoxy) is 1. The maximum absolute atomic E-state index is 11.4. The predicted octanol–water partition coefficient (Wildman–Crippen LogP) is 2.35. The number of carbonyl (C=O) groups is 1. The van der Waals surface area contributed by atoms with Gasteiger partial charge in [-0.3, -0.25) is 4.40 Å². The lowest BCUT2D eigenvalue weighted by Gasteiger charge is -2.07. The molecule has 0 atom stereocenters. The number of aromatic carboxylic acids is 1. The van der Waals surface area contributed by atoms with Crippen molar-refractivity contribution in [2.45, 2.75) is 0 Å². The molecule has 0 fully saturated rings. The maximum Gasteiger partial charge on any atom is 0.348 e. The average molecular weight is 289 g/mol. The molecule has 3 rings (SSSR count). The minimum atomic E-state index is -0.982. The molecule has 6 nitrogen and oxygen atoms in total. The van der Waals surface area contributed by atoms with Crippen molar-refractivity contribution in [3.63, 3.8) is 0 Å². The van der Waals surface area contributed by atoms with Crippen LogP contribution < -0.4 is 10.5 Å². The van der Waals surface area contributed by atoms with Gasteiger partial charge < -0.3 is 15.6 Å². The summed E-state index contributed by atoms with van der Waals surface area (Å²) in [5.74, 6) is -0.424. The molecule has 102 valence electrons. The van der Waals surface area contributed by atoms with Crippen molar-refractivity contribution >= 4 is 28.0 Å². The quantitative estimate of drug-likeness (QED) is 0.722. The molecule has 0 amide bonds. The lowest BCUT2D eigenvalue weighted by atomic mass is 10.1. The third kappa shape index (κ3) is 1.79. The van der Waals surface area contributed by atoms with Gasteiger partial charge in [0.1, 0.15) is 10.6 Å². The monoisotopic (exact) mass is 289 g/mol. The van der Waals surface area contributed by atoms with Gasteiger partial charge in [-0.15, -0.1) is 0 Å². The Morgan fingerprint density at radius 3 is 2.95 bits per heavy atom. The van der Waals surface area contributed by atoms with Crippen LogP contribution in [0.4, 0.5) is 5.69 Å². The fraction of sp³-hybridized carbons (Fsp3) is 0.0769. The first-order valence-electron chi connectivity index (χ1n) is 5.75. The van der Waals surface area contributed by atoms with Crippen LogP contribution in [-0.4, -0.2) is 27.6 Å². The van der Waals surface area contributed by atoms with E-state index in [4.69, 9.17) is 10.5 Å². The minimum Gasteiger partial charge on any atom is -0.495 e. The molecule has 0 spiro atoms. The van der Waals surface area contributed by atoms with Crippen LogP contribution in [0.2, 0.25) is 0 Å². The van der Waals surface area contributed by atoms with E-state index in [1.165, 1.54) is 7.11 Å². The highest BCUT2D eigenvalue weighted by Crippen LogP contribution is 2.34. The summed E-state index contributed by atoms with van der Waals surface area (Å²) in [7, 11) is 1.53. The summed E-state index contributed by atoms with van der Waals surface area (Å²) in [4.78, 5) is 16.4. The summed E-state index contributed by atoms with van der Waals surface area (Å²) >= 11 is 1.13. The second kappa shape index (κ2) is 4.53. The number of aromatic nitrogens is 2. The SMILES string of the molecule is COc1ccc(-c2c(C(=O)O)sc3nccn23)cc1N. The molecule has 3 aromatic rings. The molecular formula is C13H11N3O3S. The van der Waals surface area contributed by atoms with Gasteiger partial charge in [-0.2, -0.15) is 0 Å². The van der Waals surface area contributed by atoms with E-state index in [1.54, 1.807) is 35.0 Å². The van der Waals surface area contributed by atoms with Gasteiger partial charge in [0.2, 0.25) is 0 Å². The molecule has 0 aliphatic rings. The number of nitrogens with zero attached hydrogens (tertiary/aromatic N) is 2. The van der Waals surface area contributed by atoms with E-state index < -0.39 is 5.97 Å². The van der Waals surface area contributed by atoms with E-state index >= 15 is 0 Å². The number of carboxylic acid groups (broad SMARTS) is 1. The summed E-state index contributed by atoms with van der Waals surface area (Å²) in [5.41, 5.74) is 7.64. The molecule has 0 aliphatic carbocycles. The molecule has 3 N–H and O–H groups in total.